The van der Waals surface area contributed by atoms with Crippen LogP contribution < -0.4 is 9.47 Å². The van der Waals surface area contributed by atoms with Crippen molar-refractivity contribution in [2.24, 2.45) is 23.7 Å². The van der Waals surface area contributed by atoms with Crippen molar-refractivity contribution in [2.75, 3.05) is 20.7 Å². The van der Waals surface area contributed by atoms with Gasteiger partial charge in [-0.2, -0.15) is 8.78 Å². The number of methoxy groups -OCH3 is 1. The highest BCUT2D eigenvalue weighted by molar-refractivity contribution is 6.08. The Morgan fingerprint density at radius 1 is 1.17 bits per heavy atom. The van der Waals surface area contributed by atoms with Gasteiger partial charge >= 0.3 is 6.61 Å². The van der Waals surface area contributed by atoms with Crippen molar-refractivity contribution in [1.29, 1.82) is 0 Å². The van der Waals surface area contributed by atoms with E-state index < -0.39 is 6.61 Å². The fraction of sp³-hybridized carbons (Fsp3) is 0.476. The molecule has 2 bridgehead atoms. The van der Waals surface area contributed by atoms with Crippen LogP contribution in [-0.2, 0) is 20.9 Å². The third kappa shape index (κ3) is 3.42. The van der Waals surface area contributed by atoms with Gasteiger partial charge in [0, 0.05) is 13.6 Å². The Balaban J connectivity index is 1.40. The van der Waals surface area contributed by atoms with Crippen LogP contribution in [0.25, 0.3) is 0 Å². The predicted molar refractivity (Wildman–Crippen MR) is 101 cm³/mol. The molecule has 4 atom stereocenters. The molecule has 1 aromatic carbocycles. The number of ether oxygens (including phenoxy) is 2. The van der Waals surface area contributed by atoms with Crippen LogP contribution in [0, 0.1) is 23.7 Å². The lowest BCUT2D eigenvalue weighted by atomic mass is 9.85. The summed E-state index contributed by atoms with van der Waals surface area (Å²) in [6, 6.07) is 4.39. The third-order valence-corrected chi connectivity index (χ3v) is 6.14. The normalized spacial score (nSPS) is 26.5. The summed E-state index contributed by atoms with van der Waals surface area (Å²) >= 11 is 0. The minimum atomic E-state index is -2.98. The van der Waals surface area contributed by atoms with Crippen LogP contribution in [0.15, 0.2) is 30.4 Å². The molecular formula is C21H22F2N2O5. The van der Waals surface area contributed by atoms with Gasteiger partial charge in [-0.25, -0.2) is 0 Å². The fourth-order valence-electron chi connectivity index (χ4n) is 4.74. The molecule has 30 heavy (non-hydrogen) atoms. The minimum Gasteiger partial charge on any atom is -0.493 e. The highest BCUT2D eigenvalue weighted by atomic mass is 19.3. The second kappa shape index (κ2) is 7.70. The van der Waals surface area contributed by atoms with E-state index in [-0.39, 0.29) is 66.0 Å². The van der Waals surface area contributed by atoms with Gasteiger partial charge in [0.2, 0.25) is 17.7 Å². The first-order valence-corrected chi connectivity index (χ1v) is 9.69. The third-order valence-electron chi connectivity index (χ3n) is 6.14. The van der Waals surface area contributed by atoms with Gasteiger partial charge in [-0.15, -0.1) is 0 Å². The number of amides is 3. The summed E-state index contributed by atoms with van der Waals surface area (Å²) in [5.41, 5.74) is 0.627. The lowest BCUT2D eigenvalue weighted by Gasteiger charge is -2.22. The highest BCUT2D eigenvalue weighted by Gasteiger charge is 2.59. The van der Waals surface area contributed by atoms with Crippen molar-refractivity contribution in [2.45, 2.75) is 19.6 Å². The van der Waals surface area contributed by atoms with Crippen LogP contribution in [0.5, 0.6) is 11.5 Å². The Bertz CT molecular complexity index is 889. The van der Waals surface area contributed by atoms with E-state index in [1.165, 1.54) is 24.1 Å². The Morgan fingerprint density at radius 2 is 1.80 bits per heavy atom. The number of likely N-dealkylation sites (N-methyl/N-ethyl adjacent to an activating group) is 1. The Hall–Kier alpha value is -2.97. The molecule has 1 aromatic rings. The average Bonchev–Trinajstić information content (AvgIpc) is 3.38. The number of fused-ring (bicyclic) bond motifs is 5. The van der Waals surface area contributed by atoms with Crippen molar-refractivity contribution in [3.8, 4) is 11.5 Å². The summed E-state index contributed by atoms with van der Waals surface area (Å²) in [5.74, 6) is -1.38. The molecule has 3 amide bonds. The Labute approximate surface area is 172 Å². The zero-order valence-electron chi connectivity index (χ0n) is 16.6. The van der Waals surface area contributed by atoms with E-state index >= 15 is 0 Å². The molecular weight excluding hydrogens is 398 g/mol. The van der Waals surface area contributed by atoms with Gasteiger partial charge in [0.15, 0.2) is 11.5 Å². The first-order valence-electron chi connectivity index (χ1n) is 9.69. The zero-order valence-corrected chi connectivity index (χ0v) is 16.6. The highest BCUT2D eigenvalue weighted by Crippen LogP contribution is 2.52. The van der Waals surface area contributed by atoms with Crippen LogP contribution in [0.4, 0.5) is 8.78 Å². The molecule has 0 unspecified atom stereocenters. The van der Waals surface area contributed by atoms with E-state index in [1.807, 2.05) is 12.2 Å². The van der Waals surface area contributed by atoms with Gasteiger partial charge in [0.1, 0.15) is 6.54 Å². The summed E-state index contributed by atoms with van der Waals surface area (Å²) in [6.45, 7) is -3.13. The molecule has 1 aliphatic heterocycles. The fourth-order valence-corrected chi connectivity index (χ4v) is 4.74. The Kier molecular flexibility index (Phi) is 5.21. The quantitative estimate of drug-likeness (QED) is 0.499. The summed E-state index contributed by atoms with van der Waals surface area (Å²) in [5, 5.41) is 0. The second-order valence-electron chi connectivity index (χ2n) is 7.88. The van der Waals surface area contributed by atoms with E-state index in [2.05, 4.69) is 4.74 Å². The number of carbonyl (C=O) groups is 3. The van der Waals surface area contributed by atoms with E-state index in [1.54, 1.807) is 13.1 Å². The van der Waals surface area contributed by atoms with Crippen molar-refractivity contribution in [3.63, 3.8) is 0 Å². The standard InChI is InChI=1S/C21H22F2N2O5/c1-24(9-11-3-6-14(30-21(22)23)15(7-11)29-2)16(26)10-25-19(27)17-12-4-5-13(8-12)18(17)20(25)28/h3-7,12-13,17-18,21H,8-10H2,1-2H3/t12-,13+,17-,18-/m0/s1. The van der Waals surface area contributed by atoms with Gasteiger partial charge in [-0.1, -0.05) is 18.2 Å². The summed E-state index contributed by atoms with van der Waals surface area (Å²) < 4.78 is 34.4. The SMILES string of the molecule is COc1cc(CN(C)C(=O)CN2C(=O)[C@@H]3[C@@H](C2=O)[C@H]2C=C[C@@H]3C2)ccc1OC(F)F. The molecule has 0 N–H and O–H groups in total. The van der Waals surface area contributed by atoms with Crippen LogP contribution in [0.3, 0.4) is 0 Å². The topological polar surface area (TPSA) is 76.2 Å². The van der Waals surface area contributed by atoms with Crippen LogP contribution in [-0.4, -0.2) is 54.8 Å². The molecule has 2 aliphatic carbocycles. The van der Waals surface area contributed by atoms with E-state index in [0.717, 1.165) is 11.3 Å². The number of rotatable bonds is 7. The maximum Gasteiger partial charge on any atom is 0.387 e. The lowest BCUT2D eigenvalue weighted by Crippen LogP contribution is -2.42. The first-order chi connectivity index (χ1) is 14.3. The van der Waals surface area contributed by atoms with Crippen LogP contribution in [0.1, 0.15) is 12.0 Å². The second-order valence-corrected chi connectivity index (χ2v) is 7.88. The first kappa shape index (κ1) is 20.3. The number of alkyl halides is 2. The molecule has 3 aliphatic rings. The smallest absolute Gasteiger partial charge is 0.387 e. The van der Waals surface area contributed by atoms with Gasteiger partial charge < -0.3 is 14.4 Å². The molecule has 1 heterocycles. The number of nitrogens with zero attached hydrogens (tertiary/aromatic N) is 2. The Morgan fingerprint density at radius 3 is 2.37 bits per heavy atom. The molecule has 9 heteroatoms. The summed E-state index contributed by atoms with van der Waals surface area (Å²) in [7, 11) is 2.88. The largest absolute Gasteiger partial charge is 0.493 e. The maximum absolute atomic E-state index is 12.7. The molecule has 1 saturated heterocycles. The molecule has 0 aromatic heterocycles. The average molecular weight is 420 g/mol. The van der Waals surface area contributed by atoms with Crippen LogP contribution >= 0.6 is 0 Å². The number of hydrogen-bond acceptors (Lipinski definition) is 5. The monoisotopic (exact) mass is 420 g/mol. The molecule has 160 valence electrons. The number of carbonyl (C=O) groups excluding carboxylic acids is 3. The molecule has 7 nitrogen and oxygen atoms in total. The van der Waals surface area contributed by atoms with Gasteiger partial charge in [-0.3, -0.25) is 19.3 Å². The van der Waals surface area contributed by atoms with E-state index in [9.17, 15) is 23.2 Å². The molecule has 0 spiro atoms. The van der Waals surface area contributed by atoms with Gasteiger partial charge in [-0.05, 0) is 36.0 Å². The number of imide groups is 1. The van der Waals surface area contributed by atoms with Crippen LogP contribution in [0.2, 0.25) is 0 Å². The van der Waals surface area contributed by atoms with Crippen molar-refractivity contribution in [1.82, 2.24) is 9.80 Å². The number of benzene rings is 1. The molecule has 1 saturated carbocycles. The van der Waals surface area contributed by atoms with Crippen molar-refractivity contribution < 1.29 is 32.6 Å². The van der Waals surface area contributed by atoms with Gasteiger partial charge in [0.25, 0.3) is 0 Å². The minimum absolute atomic E-state index is 0.0933. The zero-order chi connectivity index (χ0) is 21.6. The number of halogens is 2. The predicted octanol–water partition coefficient (Wildman–Crippen LogP) is 2.06. The van der Waals surface area contributed by atoms with Gasteiger partial charge in [0.05, 0.1) is 18.9 Å². The molecule has 2 fully saturated rings. The summed E-state index contributed by atoms with van der Waals surface area (Å²) in [6.07, 6.45) is 4.84. The number of likely N-dealkylation sites (tertiary alicyclic amines) is 1. The van der Waals surface area contributed by atoms with Crippen molar-refractivity contribution >= 4 is 17.7 Å². The maximum atomic E-state index is 12.7. The molecule has 0 radical (unpaired) electrons. The number of hydrogen-bond donors (Lipinski definition) is 0. The lowest BCUT2D eigenvalue weighted by molar-refractivity contribution is -0.146. The summed E-state index contributed by atoms with van der Waals surface area (Å²) in [4.78, 5) is 40.6. The van der Waals surface area contributed by atoms with E-state index in [4.69, 9.17) is 4.74 Å². The number of allylic oxidation sites excluding steroid dienone is 2. The molecule has 4 rings (SSSR count). The van der Waals surface area contributed by atoms with E-state index in [0.29, 0.717) is 5.56 Å². The van der Waals surface area contributed by atoms with Crippen molar-refractivity contribution in [3.05, 3.63) is 35.9 Å².